The predicted octanol–water partition coefficient (Wildman–Crippen LogP) is 3.84. The highest BCUT2D eigenvalue weighted by Crippen LogP contribution is 2.15. The summed E-state index contributed by atoms with van der Waals surface area (Å²) in [5.74, 6) is 0. The monoisotopic (exact) mass is 268 g/mol. The molecule has 5 heteroatoms. The molecule has 0 saturated carbocycles. The molecule has 0 amide bonds. The Morgan fingerprint density at radius 3 is 2.47 bits per heavy atom. The SMILES string of the molecule is Cn1c(=NN=Nc2ccccc2)sc2ccccc21. The van der Waals surface area contributed by atoms with Gasteiger partial charge in [-0.3, -0.25) is 0 Å². The Hall–Kier alpha value is -2.27. The van der Waals surface area contributed by atoms with Crippen molar-refractivity contribution in [2.24, 2.45) is 22.5 Å². The zero-order chi connectivity index (χ0) is 13.1. The fourth-order valence-corrected chi connectivity index (χ4v) is 2.75. The molecular formula is C14H12N4S. The van der Waals surface area contributed by atoms with Crippen LogP contribution in [-0.2, 0) is 7.05 Å². The molecule has 2 aromatic carbocycles. The van der Waals surface area contributed by atoms with Crippen LogP contribution in [0.1, 0.15) is 0 Å². The molecule has 0 unspecified atom stereocenters. The molecule has 0 bridgehead atoms. The number of aromatic nitrogens is 1. The van der Waals surface area contributed by atoms with Gasteiger partial charge in [0.25, 0.3) is 0 Å². The van der Waals surface area contributed by atoms with Crippen molar-refractivity contribution in [1.82, 2.24) is 4.57 Å². The fraction of sp³-hybridized carbons (Fsp3) is 0.0714. The average Bonchev–Trinajstić information content (AvgIpc) is 2.78. The van der Waals surface area contributed by atoms with Crippen LogP contribution in [0.15, 0.2) is 70.0 Å². The van der Waals surface area contributed by atoms with Gasteiger partial charge in [-0.25, -0.2) is 0 Å². The lowest BCUT2D eigenvalue weighted by Gasteiger charge is -1.92. The van der Waals surface area contributed by atoms with Gasteiger partial charge in [0.05, 0.1) is 15.9 Å². The maximum absolute atomic E-state index is 4.18. The van der Waals surface area contributed by atoms with Crippen LogP contribution < -0.4 is 4.80 Å². The number of nitrogens with zero attached hydrogens (tertiary/aromatic N) is 4. The third-order valence-corrected chi connectivity index (χ3v) is 3.86. The average molecular weight is 268 g/mol. The fourth-order valence-electron chi connectivity index (χ4n) is 1.78. The van der Waals surface area contributed by atoms with E-state index in [-0.39, 0.29) is 0 Å². The third kappa shape index (κ3) is 2.46. The van der Waals surface area contributed by atoms with E-state index >= 15 is 0 Å². The van der Waals surface area contributed by atoms with E-state index in [1.807, 2.05) is 54.1 Å². The van der Waals surface area contributed by atoms with Gasteiger partial charge in [-0.05, 0) is 29.5 Å². The van der Waals surface area contributed by atoms with Crippen molar-refractivity contribution in [3.8, 4) is 0 Å². The minimum Gasteiger partial charge on any atom is -0.318 e. The molecular weight excluding hydrogens is 256 g/mol. The van der Waals surface area contributed by atoms with Gasteiger partial charge < -0.3 is 4.57 Å². The van der Waals surface area contributed by atoms with Crippen molar-refractivity contribution < 1.29 is 0 Å². The zero-order valence-electron chi connectivity index (χ0n) is 10.4. The molecule has 94 valence electrons. The van der Waals surface area contributed by atoms with Crippen molar-refractivity contribution in [3.05, 3.63) is 59.4 Å². The summed E-state index contributed by atoms with van der Waals surface area (Å²) in [6, 6.07) is 17.8. The first-order valence-electron chi connectivity index (χ1n) is 5.89. The molecule has 0 radical (unpaired) electrons. The molecule has 0 aliphatic carbocycles. The summed E-state index contributed by atoms with van der Waals surface area (Å²) in [5, 5.41) is 12.2. The highest BCUT2D eigenvalue weighted by molar-refractivity contribution is 7.16. The van der Waals surface area contributed by atoms with Gasteiger partial charge in [0.1, 0.15) is 0 Å². The van der Waals surface area contributed by atoms with E-state index in [9.17, 15) is 0 Å². The van der Waals surface area contributed by atoms with Crippen LogP contribution in [0, 0.1) is 0 Å². The molecule has 0 atom stereocenters. The van der Waals surface area contributed by atoms with E-state index in [1.54, 1.807) is 11.3 Å². The van der Waals surface area contributed by atoms with E-state index in [1.165, 1.54) is 4.70 Å². The van der Waals surface area contributed by atoms with E-state index in [4.69, 9.17) is 0 Å². The third-order valence-electron chi connectivity index (χ3n) is 2.76. The second-order valence-corrected chi connectivity index (χ2v) is 5.05. The summed E-state index contributed by atoms with van der Waals surface area (Å²) < 4.78 is 3.21. The van der Waals surface area contributed by atoms with E-state index < -0.39 is 0 Å². The quantitative estimate of drug-likeness (QED) is 0.500. The second-order valence-electron chi connectivity index (χ2n) is 4.04. The normalized spacial score (nSPS) is 12.6. The van der Waals surface area contributed by atoms with Gasteiger partial charge in [0.2, 0.25) is 4.80 Å². The van der Waals surface area contributed by atoms with Crippen LogP contribution in [-0.4, -0.2) is 4.57 Å². The van der Waals surface area contributed by atoms with E-state index in [0.29, 0.717) is 0 Å². The number of para-hydroxylation sites is 1. The number of aryl methyl sites for hydroxylation is 1. The lowest BCUT2D eigenvalue weighted by atomic mass is 10.3. The lowest BCUT2D eigenvalue weighted by molar-refractivity contribution is 0.868. The lowest BCUT2D eigenvalue weighted by Crippen LogP contribution is -2.08. The minimum atomic E-state index is 0.801. The molecule has 0 aliphatic heterocycles. The molecule has 0 saturated heterocycles. The molecule has 1 heterocycles. The summed E-state index contributed by atoms with van der Waals surface area (Å²) in [6.45, 7) is 0. The highest BCUT2D eigenvalue weighted by atomic mass is 32.1. The molecule has 3 rings (SSSR count). The first-order chi connectivity index (χ1) is 9.34. The summed E-state index contributed by atoms with van der Waals surface area (Å²) in [7, 11) is 1.98. The summed E-state index contributed by atoms with van der Waals surface area (Å²) >= 11 is 1.60. The molecule has 19 heavy (non-hydrogen) atoms. The Bertz CT molecular complexity index is 784. The summed E-state index contributed by atoms with van der Waals surface area (Å²) in [5.41, 5.74) is 1.95. The van der Waals surface area contributed by atoms with Crippen LogP contribution in [0.5, 0.6) is 0 Å². The smallest absolute Gasteiger partial charge is 0.213 e. The summed E-state index contributed by atoms with van der Waals surface area (Å²) in [4.78, 5) is 0.834. The van der Waals surface area contributed by atoms with Crippen molar-refractivity contribution in [1.29, 1.82) is 0 Å². The maximum Gasteiger partial charge on any atom is 0.213 e. The number of fused-ring (bicyclic) bond motifs is 1. The molecule has 1 aromatic heterocycles. The van der Waals surface area contributed by atoms with E-state index in [2.05, 4.69) is 27.6 Å². The first kappa shape index (κ1) is 11.8. The Balaban J connectivity index is 1.98. The molecule has 4 nitrogen and oxygen atoms in total. The zero-order valence-corrected chi connectivity index (χ0v) is 11.2. The van der Waals surface area contributed by atoms with Crippen LogP contribution in [0.25, 0.3) is 10.2 Å². The minimum absolute atomic E-state index is 0.801. The maximum atomic E-state index is 4.18. The highest BCUT2D eigenvalue weighted by Gasteiger charge is 2.00. The van der Waals surface area contributed by atoms with Crippen LogP contribution >= 0.6 is 11.3 Å². The Morgan fingerprint density at radius 1 is 0.947 bits per heavy atom. The number of hydrogen-bond acceptors (Lipinski definition) is 3. The van der Waals surface area contributed by atoms with Crippen molar-refractivity contribution >= 4 is 27.2 Å². The molecule has 0 fully saturated rings. The second kappa shape index (κ2) is 5.16. The Labute approximate surface area is 114 Å². The standard InChI is InChI=1S/C14H12N4S/c1-18-12-9-5-6-10-13(12)19-14(18)16-17-15-11-7-3-2-4-8-11/h2-10H,1H3. The van der Waals surface area contributed by atoms with E-state index in [0.717, 1.165) is 16.0 Å². The topological polar surface area (TPSA) is 42.0 Å². The molecule has 0 aliphatic rings. The van der Waals surface area contributed by atoms with Gasteiger partial charge in [-0.1, -0.05) is 41.7 Å². The summed E-state index contributed by atoms with van der Waals surface area (Å²) in [6.07, 6.45) is 0. The van der Waals surface area contributed by atoms with Gasteiger partial charge in [-0.15, -0.1) is 10.2 Å². The molecule has 0 N–H and O–H groups in total. The first-order valence-corrected chi connectivity index (χ1v) is 6.70. The van der Waals surface area contributed by atoms with Crippen molar-refractivity contribution in [2.75, 3.05) is 0 Å². The van der Waals surface area contributed by atoms with Gasteiger partial charge in [0, 0.05) is 7.05 Å². The van der Waals surface area contributed by atoms with Crippen LogP contribution in [0.2, 0.25) is 0 Å². The number of rotatable bonds is 2. The Kier molecular flexibility index (Phi) is 3.20. The van der Waals surface area contributed by atoms with Crippen LogP contribution in [0.3, 0.4) is 0 Å². The molecule has 0 spiro atoms. The predicted molar refractivity (Wildman–Crippen MR) is 77.3 cm³/mol. The molecule has 3 aromatic rings. The Morgan fingerprint density at radius 2 is 1.68 bits per heavy atom. The van der Waals surface area contributed by atoms with Crippen LogP contribution in [0.4, 0.5) is 5.69 Å². The van der Waals surface area contributed by atoms with Crippen molar-refractivity contribution in [2.45, 2.75) is 0 Å². The number of benzene rings is 2. The van der Waals surface area contributed by atoms with Gasteiger partial charge in [0.15, 0.2) is 0 Å². The largest absolute Gasteiger partial charge is 0.318 e. The van der Waals surface area contributed by atoms with Crippen molar-refractivity contribution in [3.63, 3.8) is 0 Å². The number of thiazole rings is 1. The van der Waals surface area contributed by atoms with Gasteiger partial charge in [-0.2, -0.15) is 0 Å². The number of hydrogen-bond donors (Lipinski definition) is 0. The van der Waals surface area contributed by atoms with Gasteiger partial charge >= 0.3 is 0 Å².